The summed E-state index contributed by atoms with van der Waals surface area (Å²) in [6.07, 6.45) is 4.83. The van der Waals surface area contributed by atoms with Crippen LogP contribution in [0.3, 0.4) is 0 Å². The molecule has 1 unspecified atom stereocenters. The largest absolute Gasteiger partial charge is 0.261 e. The molecule has 1 fully saturated rings. The van der Waals surface area contributed by atoms with E-state index >= 15 is 0 Å². The Morgan fingerprint density at radius 2 is 2.04 bits per heavy atom. The first-order valence-electron chi connectivity index (χ1n) is 8.60. The van der Waals surface area contributed by atoms with E-state index in [-0.39, 0.29) is 12.0 Å². The Hall–Kier alpha value is -1.80. The van der Waals surface area contributed by atoms with Gasteiger partial charge in [0.1, 0.15) is 5.82 Å². The predicted molar refractivity (Wildman–Crippen MR) is 96.8 cm³/mol. The Morgan fingerprint density at radius 1 is 1.28 bits per heavy atom. The van der Waals surface area contributed by atoms with Crippen molar-refractivity contribution in [1.29, 1.82) is 0 Å². The summed E-state index contributed by atoms with van der Waals surface area (Å²) in [5.41, 5.74) is 2.70. The average Bonchev–Trinajstić information content (AvgIpc) is 3.03. The van der Waals surface area contributed by atoms with Gasteiger partial charge in [0.05, 0.1) is 17.6 Å². The molecular formula is C17H25N5O2S. The number of hydrogen-bond donors (Lipinski definition) is 0. The molecule has 0 spiro atoms. The second kappa shape index (κ2) is 6.84. The van der Waals surface area contributed by atoms with E-state index in [1.165, 1.54) is 6.26 Å². The molecule has 2 aromatic heterocycles. The van der Waals surface area contributed by atoms with Gasteiger partial charge in [-0.05, 0) is 45.7 Å². The number of aromatic nitrogens is 4. The molecule has 3 heterocycles. The molecule has 25 heavy (non-hydrogen) atoms. The van der Waals surface area contributed by atoms with Gasteiger partial charge in [-0.15, -0.1) is 0 Å². The quantitative estimate of drug-likeness (QED) is 0.833. The lowest BCUT2D eigenvalue weighted by Gasteiger charge is -2.30. The van der Waals surface area contributed by atoms with Crippen molar-refractivity contribution < 1.29 is 8.42 Å². The monoisotopic (exact) mass is 363 g/mol. The fourth-order valence-electron chi connectivity index (χ4n) is 3.34. The Kier molecular flexibility index (Phi) is 4.92. The van der Waals surface area contributed by atoms with Crippen LogP contribution in [-0.4, -0.2) is 51.8 Å². The van der Waals surface area contributed by atoms with Crippen LogP contribution in [0.1, 0.15) is 50.2 Å². The lowest BCUT2D eigenvalue weighted by Crippen LogP contribution is -2.38. The maximum Gasteiger partial charge on any atom is 0.211 e. The molecule has 1 saturated heterocycles. The second-order valence-corrected chi connectivity index (χ2v) is 8.92. The first kappa shape index (κ1) is 18.0. The topological polar surface area (TPSA) is 81.0 Å². The maximum absolute atomic E-state index is 11.9. The molecule has 0 amide bonds. The van der Waals surface area contributed by atoms with E-state index in [0.717, 1.165) is 29.9 Å². The van der Waals surface area contributed by atoms with Gasteiger partial charge < -0.3 is 0 Å². The molecule has 1 atom stereocenters. The van der Waals surface area contributed by atoms with Gasteiger partial charge in [-0.2, -0.15) is 5.10 Å². The SMILES string of the molecule is Cc1nc(-c2ccnn2C(C)C)cc(C2CCCN(S(C)(=O)=O)C2)n1. The van der Waals surface area contributed by atoms with Gasteiger partial charge in [-0.3, -0.25) is 4.68 Å². The molecule has 0 saturated carbocycles. The highest BCUT2D eigenvalue weighted by molar-refractivity contribution is 7.88. The van der Waals surface area contributed by atoms with E-state index in [9.17, 15) is 8.42 Å². The fourth-order valence-corrected chi connectivity index (χ4v) is 4.26. The number of hydrogen-bond acceptors (Lipinski definition) is 5. The molecule has 2 aromatic rings. The smallest absolute Gasteiger partial charge is 0.211 e. The number of piperidine rings is 1. The summed E-state index contributed by atoms with van der Waals surface area (Å²) in [7, 11) is -3.17. The van der Waals surface area contributed by atoms with Crippen molar-refractivity contribution in [2.24, 2.45) is 0 Å². The molecular weight excluding hydrogens is 338 g/mol. The van der Waals surface area contributed by atoms with Crippen LogP contribution in [0.25, 0.3) is 11.4 Å². The van der Waals surface area contributed by atoms with Crippen LogP contribution in [0.4, 0.5) is 0 Å². The van der Waals surface area contributed by atoms with Gasteiger partial charge in [-0.25, -0.2) is 22.7 Å². The van der Waals surface area contributed by atoms with Crippen LogP contribution in [-0.2, 0) is 10.0 Å². The summed E-state index contributed by atoms with van der Waals surface area (Å²) < 4.78 is 27.3. The predicted octanol–water partition coefficient (Wildman–Crippen LogP) is 2.37. The molecule has 8 heteroatoms. The van der Waals surface area contributed by atoms with E-state index in [2.05, 4.69) is 28.9 Å². The van der Waals surface area contributed by atoms with Crippen LogP contribution in [0, 0.1) is 6.92 Å². The number of rotatable bonds is 4. The summed E-state index contributed by atoms with van der Waals surface area (Å²) in [5.74, 6) is 0.792. The molecule has 136 valence electrons. The minimum absolute atomic E-state index is 0.0966. The first-order valence-corrected chi connectivity index (χ1v) is 10.4. The Balaban J connectivity index is 1.96. The zero-order valence-electron chi connectivity index (χ0n) is 15.2. The van der Waals surface area contributed by atoms with E-state index in [1.807, 2.05) is 23.7 Å². The molecule has 7 nitrogen and oxygen atoms in total. The van der Waals surface area contributed by atoms with Gasteiger partial charge in [-0.1, -0.05) is 0 Å². The highest BCUT2D eigenvalue weighted by Gasteiger charge is 2.28. The minimum atomic E-state index is -3.17. The Morgan fingerprint density at radius 3 is 2.72 bits per heavy atom. The molecule has 0 radical (unpaired) electrons. The Bertz CT molecular complexity index is 860. The third kappa shape index (κ3) is 3.90. The van der Waals surface area contributed by atoms with Crippen molar-refractivity contribution >= 4 is 10.0 Å². The van der Waals surface area contributed by atoms with Gasteiger partial charge in [0.15, 0.2) is 0 Å². The number of nitrogens with zero attached hydrogens (tertiary/aromatic N) is 5. The third-order valence-electron chi connectivity index (χ3n) is 4.55. The van der Waals surface area contributed by atoms with E-state index < -0.39 is 10.0 Å². The van der Waals surface area contributed by atoms with Crippen LogP contribution in [0.5, 0.6) is 0 Å². The first-order chi connectivity index (χ1) is 11.8. The van der Waals surface area contributed by atoms with E-state index in [0.29, 0.717) is 18.9 Å². The van der Waals surface area contributed by atoms with Gasteiger partial charge in [0.2, 0.25) is 10.0 Å². The molecule has 0 aliphatic carbocycles. The van der Waals surface area contributed by atoms with Crippen molar-refractivity contribution in [2.75, 3.05) is 19.3 Å². The van der Waals surface area contributed by atoms with Crippen molar-refractivity contribution in [3.05, 3.63) is 29.8 Å². The Labute approximate surface area is 149 Å². The van der Waals surface area contributed by atoms with Gasteiger partial charge in [0.25, 0.3) is 0 Å². The molecule has 0 bridgehead atoms. The van der Waals surface area contributed by atoms with Crippen molar-refractivity contribution in [2.45, 2.75) is 45.6 Å². The molecule has 1 aliphatic rings. The van der Waals surface area contributed by atoms with Crippen LogP contribution < -0.4 is 0 Å². The second-order valence-electron chi connectivity index (χ2n) is 6.94. The summed E-state index contributed by atoms with van der Waals surface area (Å²) >= 11 is 0. The molecule has 3 rings (SSSR count). The van der Waals surface area contributed by atoms with E-state index in [1.54, 1.807) is 10.5 Å². The van der Waals surface area contributed by atoms with Crippen LogP contribution >= 0.6 is 0 Å². The third-order valence-corrected chi connectivity index (χ3v) is 5.82. The number of sulfonamides is 1. The maximum atomic E-state index is 11.9. The summed E-state index contributed by atoms with van der Waals surface area (Å²) in [6, 6.07) is 4.17. The number of aryl methyl sites for hydroxylation is 1. The lowest BCUT2D eigenvalue weighted by atomic mass is 9.95. The van der Waals surface area contributed by atoms with Gasteiger partial charge in [0, 0.05) is 36.9 Å². The average molecular weight is 363 g/mol. The summed E-state index contributed by atoms with van der Waals surface area (Å²) in [4.78, 5) is 9.17. The van der Waals surface area contributed by atoms with Crippen LogP contribution in [0.2, 0.25) is 0 Å². The highest BCUT2D eigenvalue weighted by Crippen LogP contribution is 2.29. The zero-order chi connectivity index (χ0) is 18.2. The standard InChI is InChI=1S/C17H25N5O2S/c1-12(2)22-17(7-8-18-22)16-10-15(19-13(3)20-16)14-6-5-9-21(11-14)25(4,23)24/h7-8,10,12,14H,5-6,9,11H2,1-4H3. The minimum Gasteiger partial charge on any atom is -0.261 e. The molecule has 0 aromatic carbocycles. The summed E-state index contributed by atoms with van der Waals surface area (Å²) in [6.45, 7) is 7.11. The van der Waals surface area contributed by atoms with Crippen LogP contribution in [0.15, 0.2) is 18.3 Å². The van der Waals surface area contributed by atoms with Gasteiger partial charge >= 0.3 is 0 Å². The highest BCUT2D eigenvalue weighted by atomic mass is 32.2. The van der Waals surface area contributed by atoms with Crippen molar-refractivity contribution in [1.82, 2.24) is 24.1 Å². The molecule has 0 N–H and O–H groups in total. The molecule has 1 aliphatic heterocycles. The van der Waals surface area contributed by atoms with E-state index in [4.69, 9.17) is 0 Å². The summed E-state index contributed by atoms with van der Waals surface area (Å²) in [5, 5.41) is 4.38. The van der Waals surface area contributed by atoms with Crippen molar-refractivity contribution in [3.63, 3.8) is 0 Å². The fraction of sp³-hybridized carbons (Fsp3) is 0.588. The van der Waals surface area contributed by atoms with Crippen molar-refractivity contribution in [3.8, 4) is 11.4 Å². The normalized spacial score (nSPS) is 19.5. The lowest BCUT2D eigenvalue weighted by molar-refractivity contribution is 0.314. The zero-order valence-corrected chi connectivity index (χ0v) is 16.0.